The Morgan fingerprint density at radius 3 is 2.78 bits per heavy atom. The molecule has 0 aromatic carbocycles. The van der Waals surface area contributed by atoms with Gasteiger partial charge in [0.25, 0.3) is 0 Å². The second kappa shape index (κ2) is 3.60. The minimum absolute atomic E-state index is 0.00653. The Labute approximate surface area is 108 Å². The number of amides is 1. The van der Waals surface area contributed by atoms with Crippen LogP contribution >= 0.6 is 0 Å². The van der Waals surface area contributed by atoms with Crippen molar-refractivity contribution < 1.29 is 4.79 Å². The van der Waals surface area contributed by atoms with Crippen LogP contribution in [0.25, 0.3) is 0 Å². The summed E-state index contributed by atoms with van der Waals surface area (Å²) >= 11 is 0. The molecular formula is C15H20N2O. The number of nitrogens with zero attached hydrogens (tertiary/aromatic N) is 1. The van der Waals surface area contributed by atoms with Crippen molar-refractivity contribution in [3.8, 4) is 6.07 Å². The fourth-order valence-electron chi connectivity index (χ4n) is 4.78. The Kier molecular flexibility index (Phi) is 2.35. The van der Waals surface area contributed by atoms with E-state index in [1.54, 1.807) is 0 Å². The van der Waals surface area contributed by atoms with Crippen LogP contribution in [-0.2, 0) is 4.79 Å². The molecule has 0 spiro atoms. The van der Waals surface area contributed by atoms with Gasteiger partial charge in [0.2, 0.25) is 5.91 Å². The molecule has 3 nitrogen and oxygen atoms in total. The zero-order valence-corrected chi connectivity index (χ0v) is 11.1. The number of hydrogen-bond donors (Lipinski definition) is 1. The summed E-state index contributed by atoms with van der Waals surface area (Å²) in [4.78, 5) is 12.2. The lowest BCUT2D eigenvalue weighted by Gasteiger charge is -2.55. The highest BCUT2D eigenvalue weighted by Gasteiger charge is 2.62. The van der Waals surface area contributed by atoms with Gasteiger partial charge in [-0.15, -0.1) is 0 Å². The fourth-order valence-corrected chi connectivity index (χ4v) is 4.78. The Morgan fingerprint density at radius 2 is 2.17 bits per heavy atom. The van der Waals surface area contributed by atoms with Crippen molar-refractivity contribution in [2.24, 2.45) is 35.0 Å². The molecule has 5 atom stereocenters. The van der Waals surface area contributed by atoms with Crippen molar-refractivity contribution in [3.05, 3.63) is 12.3 Å². The molecule has 18 heavy (non-hydrogen) atoms. The van der Waals surface area contributed by atoms with E-state index in [-0.39, 0.29) is 29.1 Å². The number of rotatable bonds is 1. The van der Waals surface area contributed by atoms with E-state index in [0.29, 0.717) is 11.8 Å². The molecule has 2 bridgehead atoms. The van der Waals surface area contributed by atoms with Gasteiger partial charge in [-0.05, 0) is 37.0 Å². The monoisotopic (exact) mass is 244 g/mol. The van der Waals surface area contributed by atoms with Gasteiger partial charge in [-0.2, -0.15) is 5.26 Å². The van der Waals surface area contributed by atoms with Crippen molar-refractivity contribution in [2.45, 2.75) is 33.1 Å². The molecule has 3 aliphatic carbocycles. The lowest BCUT2D eigenvalue weighted by Crippen LogP contribution is -2.53. The second-order valence-corrected chi connectivity index (χ2v) is 6.52. The standard InChI is InChI=1S/C15H20N2O/c1-8(2)15(7-16)6-10-4-5-11(15)13-12(10)9(3)17-14(13)18/h8,10-13H,3-6H2,1-2H3,(H,17,18). The van der Waals surface area contributed by atoms with Crippen LogP contribution in [0.4, 0.5) is 0 Å². The molecule has 1 amide bonds. The van der Waals surface area contributed by atoms with Crippen LogP contribution in [0.3, 0.4) is 0 Å². The number of nitriles is 1. The fraction of sp³-hybridized carbons (Fsp3) is 0.733. The molecule has 3 heteroatoms. The molecule has 0 aromatic rings. The third-order valence-corrected chi connectivity index (χ3v) is 5.67. The molecule has 4 aliphatic rings. The minimum Gasteiger partial charge on any atom is -0.330 e. The highest BCUT2D eigenvalue weighted by Crippen LogP contribution is 2.62. The number of nitrogens with one attached hydrogen (secondary N) is 1. The average molecular weight is 244 g/mol. The summed E-state index contributed by atoms with van der Waals surface area (Å²) in [5.74, 6) is 1.41. The van der Waals surface area contributed by atoms with Crippen LogP contribution in [0.15, 0.2) is 12.3 Å². The number of hydrogen-bond acceptors (Lipinski definition) is 2. The lowest BCUT2D eigenvalue weighted by molar-refractivity contribution is -0.134. The van der Waals surface area contributed by atoms with Gasteiger partial charge in [0, 0.05) is 11.6 Å². The summed E-state index contributed by atoms with van der Waals surface area (Å²) in [6, 6.07) is 2.59. The maximum Gasteiger partial charge on any atom is 0.228 e. The maximum absolute atomic E-state index is 12.2. The predicted molar refractivity (Wildman–Crippen MR) is 68.0 cm³/mol. The molecule has 1 aliphatic heterocycles. The summed E-state index contributed by atoms with van der Waals surface area (Å²) in [5.41, 5.74) is 0.599. The second-order valence-electron chi connectivity index (χ2n) is 6.52. The van der Waals surface area contributed by atoms with Crippen LogP contribution in [-0.4, -0.2) is 5.91 Å². The smallest absolute Gasteiger partial charge is 0.228 e. The zero-order valence-electron chi connectivity index (χ0n) is 11.1. The van der Waals surface area contributed by atoms with Crippen molar-refractivity contribution in [1.29, 1.82) is 5.26 Å². The average Bonchev–Trinajstić information content (AvgIpc) is 2.67. The Morgan fingerprint density at radius 1 is 1.44 bits per heavy atom. The normalized spacial score (nSPS) is 45.9. The van der Waals surface area contributed by atoms with Crippen LogP contribution in [0.5, 0.6) is 0 Å². The van der Waals surface area contributed by atoms with Crippen LogP contribution < -0.4 is 5.32 Å². The highest BCUT2D eigenvalue weighted by molar-refractivity contribution is 5.85. The van der Waals surface area contributed by atoms with Gasteiger partial charge in [-0.3, -0.25) is 4.79 Å². The molecule has 4 fully saturated rings. The van der Waals surface area contributed by atoms with E-state index >= 15 is 0 Å². The Hall–Kier alpha value is -1.30. The van der Waals surface area contributed by atoms with Crippen molar-refractivity contribution >= 4 is 5.91 Å². The number of carbonyl (C=O) groups is 1. The molecule has 1 N–H and O–H groups in total. The zero-order chi connectivity index (χ0) is 13.1. The quantitative estimate of drug-likeness (QED) is 0.770. The molecule has 0 radical (unpaired) electrons. The van der Waals surface area contributed by atoms with Gasteiger partial charge in [0.05, 0.1) is 17.4 Å². The molecule has 1 heterocycles. The lowest BCUT2D eigenvalue weighted by atomic mass is 9.46. The molecule has 5 unspecified atom stereocenters. The largest absolute Gasteiger partial charge is 0.330 e. The van der Waals surface area contributed by atoms with E-state index < -0.39 is 0 Å². The van der Waals surface area contributed by atoms with E-state index in [0.717, 1.165) is 25.0 Å². The van der Waals surface area contributed by atoms with Gasteiger partial charge in [-0.25, -0.2) is 0 Å². The number of carbonyl (C=O) groups excluding carboxylic acids is 1. The van der Waals surface area contributed by atoms with Crippen LogP contribution in [0.1, 0.15) is 33.1 Å². The van der Waals surface area contributed by atoms with Gasteiger partial charge in [0.15, 0.2) is 0 Å². The molecular weight excluding hydrogens is 224 g/mol. The molecule has 0 aromatic heterocycles. The Balaban J connectivity index is 2.06. The predicted octanol–water partition coefficient (Wildman–Crippen LogP) is 2.46. The SMILES string of the molecule is C=C1NC(=O)C2C1C1CCC2C(C#N)(C(C)C)C1. The van der Waals surface area contributed by atoms with Crippen molar-refractivity contribution in [1.82, 2.24) is 5.32 Å². The van der Waals surface area contributed by atoms with Crippen LogP contribution in [0.2, 0.25) is 0 Å². The van der Waals surface area contributed by atoms with Crippen molar-refractivity contribution in [3.63, 3.8) is 0 Å². The summed E-state index contributed by atoms with van der Waals surface area (Å²) in [7, 11) is 0. The van der Waals surface area contributed by atoms with E-state index in [1.807, 2.05) is 0 Å². The first-order chi connectivity index (χ1) is 8.51. The van der Waals surface area contributed by atoms with Gasteiger partial charge >= 0.3 is 0 Å². The van der Waals surface area contributed by atoms with Gasteiger partial charge in [0.1, 0.15) is 0 Å². The first kappa shape index (κ1) is 11.8. The summed E-state index contributed by atoms with van der Waals surface area (Å²) in [5, 5.41) is 12.6. The van der Waals surface area contributed by atoms with Gasteiger partial charge < -0.3 is 5.32 Å². The molecule has 3 saturated carbocycles. The highest BCUT2D eigenvalue weighted by atomic mass is 16.2. The summed E-state index contributed by atoms with van der Waals surface area (Å²) < 4.78 is 0. The molecule has 96 valence electrons. The summed E-state index contributed by atoms with van der Waals surface area (Å²) in [6.07, 6.45) is 3.12. The maximum atomic E-state index is 12.2. The van der Waals surface area contributed by atoms with E-state index in [1.165, 1.54) is 0 Å². The topological polar surface area (TPSA) is 52.9 Å². The third kappa shape index (κ3) is 1.21. The third-order valence-electron chi connectivity index (χ3n) is 5.67. The van der Waals surface area contributed by atoms with Crippen molar-refractivity contribution in [2.75, 3.05) is 0 Å². The number of allylic oxidation sites excluding steroid dienone is 1. The minimum atomic E-state index is -0.300. The van der Waals surface area contributed by atoms with E-state index in [9.17, 15) is 10.1 Å². The van der Waals surface area contributed by atoms with Crippen LogP contribution in [0, 0.1) is 46.3 Å². The first-order valence-electron chi connectivity index (χ1n) is 6.92. The number of fused-ring (bicyclic) bond motifs is 2. The summed E-state index contributed by atoms with van der Waals surface area (Å²) in [6.45, 7) is 8.26. The first-order valence-corrected chi connectivity index (χ1v) is 6.92. The van der Waals surface area contributed by atoms with E-state index in [4.69, 9.17) is 0 Å². The molecule has 4 rings (SSSR count). The van der Waals surface area contributed by atoms with Gasteiger partial charge in [-0.1, -0.05) is 20.4 Å². The van der Waals surface area contributed by atoms with E-state index in [2.05, 4.69) is 31.8 Å². The molecule has 1 saturated heterocycles. The Bertz CT molecular complexity index is 462.